The van der Waals surface area contributed by atoms with Gasteiger partial charge in [-0.1, -0.05) is 11.6 Å². The summed E-state index contributed by atoms with van der Waals surface area (Å²) >= 11 is 5.95. The molecule has 0 aliphatic rings. The number of carbonyl (C=O) groups is 2. The Labute approximate surface area is 145 Å². The predicted octanol–water partition coefficient (Wildman–Crippen LogP) is 2.55. The Kier molecular flexibility index (Phi) is 6.26. The van der Waals surface area contributed by atoms with E-state index in [2.05, 4.69) is 10.6 Å². The van der Waals surface area contributed by atoms with E-state index in [0.717, 1.165) is 5.56 Å². The topological polar surface area (TPSA) is 80.6 Å². The molecule has 0 radical (unpaired) electrons. The van der Waals surface area contributed by atoms with Gasteiger partial charge in [-0.15, -0.1) is 0 Å². The van der Waals surface area contributed by atoms with Crippen LogP contribution in [0, 0.1) is 6.92 Å². The average molecular weight is 351 g/mol. The minimum absolute atomic E-state index is 0.233. The number of halogens is 1. The van der Waals surface area contributed by atoms with Crippen molar-refractivity contribution < 1.29 is 18.7 Å². The number of ether oxygens (including phenoxy) is 1. The normalized spacial score (nSPS) is 11.6. The molecular formula is C17H19ClN2O4. The van der Waals surface area contributed by atoms with Crippen molar-refractivity contribution in [1.29, 1.82) is 0 Å². The highest BCUT2D eigenvalue weighted by Crippen LogP contribution is 2.21. The predicted molar refractivity (Wildman–Crippen MR) is 90.3 cm³/mol. The molecule has 2 rings (SSSR count). The highest BCUT2D eigenvalue weighted by atomic mass is 35.5. The largest absolute Gasteiger partial charge is 0.481 e. The molecule has 0 saturated carbocycles. The van der Waals surface area contributed by atoms with E-state index >= 15 is 0 Å². The third-order valence-corrected chi connectivity index (χ3v) is 3.69. The third-order valence-electron chi connectivity index (χ3n) is 3.27. The highest BCUT2D eigenvalue weighted by molar-refractivity contribution is 6.31. The van der Waals surface area contributed by atoms with Crippen molar-refractivity contribution in [2.45, 2.75) is 20.0 Å². The fourth-order valence-corrected chi connectivity index (χ4v) is 2.07. The zero-order chi connectivity index (χ0) is 17.5. The molecular weight excluding hydrogens is 332 g/mol. The molecule has 1 atom stereocenters. The first kappa shape index (κ1) is 17.9. The molecule has 0 aliphatic heterocycles. The van der Waals surface area contributed by atoms with Crippen LogP contribution in [0.1, 0.15) is 23.0 Å². The summed E-state index contributed by atoms with van der Waals surface area (Å²) in [6, 6.07) is 8.41. The van der Waals surface area contributed by atoms with E-state index in [0.29, 0.717) is 17.3 Å². The van der Waals surface area contributed by atoms with Crippen LogP contribution in [0.25, 0.3) is 0 Å². The van der Waals surface area contributed by atoms with E-state index in [4.69, 9.17) is 20.8 Å². The van der Waals surface area contributed by atoms with Crippen molar-refractivity contribution in [3.8, 4) is 5.75 Å². The smallest absolute Gasteiger partial charge is 0.287 e. The van der Waals surface area contributed by atoms with Gasteiger partial charge in [-0.25, -0.2) is 0 Å². The number of hydrogen-bond acceptors (Lipinski definition) is 4. The Morgan fingerprint density at radius 1 is 1.25 bits per heavy atom. The lowest BCUT2D eigenvalue weighted by Crippen LogP contribution is -2.40. The van der Waals surface area contributed by atoms with Crippen molar-refractivity contribution in [3.05, 3.63) is 52.9 Å². The number of nitrogens with one attached hydrogen (secondary N) is 2. The van der Waals surface area contributed by atoms with Crippen LogP contribution in [0.2, 0.25) is 5.02 Å². The molecule has 7 heteroatoms. The molecule has 24 heavy (non-hydrogen) atoms. The van der Waals surface area contributed by atoms with Crippen LogP contribution in [0.3, 0.4) is 0 Å². The molecule has 0 spiro atoms. The van der Waals surface area contributed by atoms with Crippen molar-refractivity contribution in [2.24, 2.45) is 0 Å². The fourth-order valence-electron chi connectivity index (χ4n) is 1.95. The number of aryl methyl sites for hydroxylation is 1. The van der Waals surface area contributed by atoms with E-state index < -0.39 is 6.10 Å². The van der Waals surface area contributed by atoms with Gasteiger partial charge in [0.25, 0.3) is 11.8 Å². The van der Waals surface area contributed by atoms with Crippen LogP contribution in [0.15, 0.2) is 41.0 Å². The highest BCUT2D eigenvalue weighted by Gasteiger charge is 2.15. The van der Waals surface area contributed by atoms with Gasteiger partial charge in [-0.2, -0.15) is 0 Å². The summed E-state index contributed by atoms with van der Waals surface area (Å²) in [5.41, 5.74) is 0.877. The number of furan rings is 1. The molecule has 0 bridgehead atoms. The van der Waals surface area contributed by atoms with Crippen molar-refractivity contribution in [2.75, 3.05) is 13.1 Å². The lowest BCUT2D eigenvalue weighted by atomic mass is 10.2. The maximum absolute atomic E-state index is 12.0. The molecule has 0 aliphatic carbocycles. The quantitative estimate of drug-likeness (QED) is 0.752. The molecule has 2 N–H and O–H groups in total. The summed E-state index contributed by atoms with van der Waals surface area (Å²) in [4.78, 5) is 23.6. The van der Waals surface area contributed by atoms with Gasteiger partial charge in [-0.3, -0.25) is 9.59 Å². The maximum atomic E-state index is 12.0. The zero-order valence-corrected chi connectivity index (χ0v) is 14.2. The van der Waals surface area contributed by atoms with E-state index in [-0.39, 0.29) is 24.1 Å². The van der Waals surface area contributed by atoms with Gasteiger partial charge in [-0.05, 0) is 49.7 Å². The Morgan fingerprint density at radius 3 is 2.67 bits per heavy atom. The van der Waals surface area contributed by atoms with Crippen molar-refractivity contribution in [3.63, 3.8) is 0 Å². The first-order valence-corrected chi connectivity index (χ1v) is 7.87. The summed E-state index contributed by atoms with van der Waals surface area (Å²) in [6.07, 6.45) is 0.764. The summed E-state index contributed by atoms with van der Waals surface area (Å²) < 4.78 is 10.5. The van der Waals surface area contributed by atoms with Gasteiger partial charge >= 0.3 is 0 Å². The second-order valence-corrected chi connectivity index (χ2v) is 5.60. The number of rotatable bonds is 7. The van der Waals surface area contributed by atoms with E-state index in [1.807, 2.05) is 6.92 Å². The molecule has 1 aromatic heterocycles. The lowest BCUT2D eigenvalue weighted by molar-refractivity contribution is -0.127. The summed E-state index contributed by atoms with van der Waals surface area (Å²) in [5.74, 6) is 0.215. The molecule has 2 amide bonds. The monoisotopic (exact) mass is 350 g/mol. The van der Waals surface area contributed by atoms with Crippen LogP contribution in [0.5, 0.6) is 5.75 Å². The van der Waals surface area contributed by atoms with Crippen LogP contribution >= 0.6 is 11.6 Å². The van der Waals surface area contributed by atoms with Crippen LogP contribution < -0.4 is 15.4 Å². The van der Waals surface area contributed by atoms with Gasteiger partial charge in [0, 0.05) is 18.1 Å². The summed E-state index contributed by atoms with van der Waals surface area (Å²) in [7, 11) is 0. The second-order valence-electron chi connectivity index (χ2n) is 5.20. The first-order valence-electron chi connectivity index (χ1n) is 7.49. The summed E-state index contributed by atoms with van der Waals surface area (Å²) in [6.45, 7) is 4.10. The van der Waals surface area contributed by atoms with Crippen molar-refractivity contribution >= 4 is 23.4 Å². The molecule has 1 unspecified atom stereocenters. The Balaban J connectivity index is 1.71. The van der Waals surface area contributed by atoms with Gasteiger partial charge in [0.15, 0.2) is 11.9 Å². The molecule has 1 heterocycles. The molecule has 0 saturated heterocycles. The minimum atomic E-state index is -0.661. The van der Waals surface area contributed by atoms with E-state index in [1.54, 1.807) is 37.3 Å². The molecule has 128 valence electrons. The number of benzene rings is 1. The van der Waals surface area contributed by atoms with Gasteiger partial charge < -0.3 is 19.8 Å². The number of hydrogen-bond donors (Lipinski definition) is 2. The van der Waals surface area contributed by atoms with Gasteiger partial charge in [0.1, 0.15) is 5.75 Å². The summed E-state index contributed by atoms with van der Waals surface area (Å²) in [5, 5.41) is 5.98. The van der Waals surface area contributed by atoms with Crippen LogP contribution in [-0.4, -0.2) is 31.0 Å². The first-order chi connectivity index (χ1) is 11.5. The van der Waals surface area contributed by atoms with Crippen LogP contribution in [-0.2, 0) is 4.79 Å². The standard InChI is InChI=1S/C17H19ClN2O4/c1-11-10-13(5-6-14(11)18)24-12(2)16(21)19-7-8-20-17(22)15-4-3-9-23-15/h3-6,9-10,12H,7-8H2,1-2H3,(H,19,21)(H,20,22). The van der Waals surface area contributed by atoms with Gasteiger partial charge in [0.05, 0.1) is 6.26 Å². The van der Waals surface area contributed by atoms with Crippen LogP contribution in [0.4, 0.5) is 0 Å². The number of carbonyl (C=O) groups excluding carboxylic acids is 2. The molecule has 1 aromatic carbocycles. The van der Waals surface area contributed by atoms with E-state index in [1.165, 1.54) is 6.26 Å². The number of amides is 2. The second kappa shape index (κ2) is 8.40. The Hall–Kier alpha value is -2.47. The minimum Gasteiger partial charge on any atom is -0.481 e. The Morgan fingerprint density at radius 2 is 2.00 bits per heavy atom. The fraction of sp³-hybridized carbons (Fsp3) is 0.294. The van der Waals surface area contributed by atoms with Crippen molar-refractivity contribution in [1.82, 2.24) is 10.6 Å². The molecule has 0 fully saturated rings. The molecule has 2 aromatic rings. The maximum Gasteiger partial charge on any atom is 0.287 e. The third kappa shape index (κ3) is 5.03. The van der Waals surface area contributed by atoms with E-state index in [9.17, 15) is 9.59 Å². The average Bonchev–Trinajstić information content (AvgIpc) is 3.09. The SMILES string of the molecule is Cc1cc(OC(C)C(=O)NCCNC(=O)c2ccco2)ccc1Cl. The lowest BCUT2D eigenvalue weighted by Gasteiger charge is -2.15. The molecule has 6 nitrogen and oxygen atoms in total. The van der Waals surface area contributed by atoms with Gasteiger partial charge in [0.2, 0.25) is 0 Å². The zero-order valence-electron chi connectivity index (χ0n) is 13.5. The Bertz CT molecular complexity index is 701.